The highest BCUT2D eigenvalue weighted by Crippen LogP contribution is 2.35. The fraction of sp³-hybridized carbons (Fsp3) is 0.217. The molecule has 82 heavy (non-hydrogen) atoms. The van der Waals surface area contributed by atoms with Gasteiger partial charge in [-0.3, -0.25) is 9.13 Å². The summed E-state index contributed by atoms with van der Waals surface area (Å²) in [4.78, 5) is 39.9. The van der Waals surface area contributed by atoms with Gasteiger partial charge in [-0.25, -0.2) is 19.0 Å². The molecule has 0 saturated carbocycles. The Bertz CT molecular complexity index is 3810. The number of carbonyl (C=O) groups is 3. The lowest BCUT2D eigenvalue weighted by molar-refractivity contribution is 0.0527. The third-order valence-electron chi connectivity index (χ3n) is 11.2. The number of benzene rings is 4. The predicted molar refractivity (Wildman–Crippen MR) is 329 cm³/mol. The van der Waals surface area contributed by atoms with Crippen molar-refractivity contribution in [3.8, 4) is 28.1 Å². The summed E-state index contributed by atoms with van der Waals surface area (Å²) in [5.74, 6) is 0.165. The van der Waals surface area contributed by atoms with Crippen LogP contribution in [0.1, 0.15) is 62.3 Å². The van der Waals surface area contributed by atoms with E-state index in [1.807, 2.05) is 133 Å². The maximum absolute atomic E-state index is 12.6. The molecule has 17 nitrogen and oxygen atoms in total. The standard InChI is InChI=1S/C17H17BNO5.C17H17NO3.C13H14BrNO2.C8H6BrN.C4H5BO3.CH3Cl/c1-17(2,3)23-16(20)19-14-6-4-5-12(11-7-8-22-10-11)13(14)9-15(19)24-18-21;1-17(2,3)21-16(19)18-9-7-14-13(5-4-6-15(14)18)12-8-10-20-11-12;1-13(2,3)17-12(16)15-8-7-9-10(14)5-4-6-11(9)15;9-7-2-1-3-8-6(7)4-5-10-8;6-5(7)4-1-2-8-3-4;1-2/h4-10,21H,1-3H3;4-11H,1-3H3;4-8H,1-3H3;1-5,10H;1-3,6-7H;1H3. The van der Waals surface area contributed by atoms with E-state index in [0.29, 0.717) is 18.7 Å². The SMILES string of the molecule is Brc1cccc2[nH]ccc12.CC(C)(C)OC(=O)n1c(O[B]O)cc2c(-c3ccoc3)cccc21.CC(C)(C)OC(=O)n1ccc2c(-c3ccoc3)cccc21.CC(C)(C)OC(=O)n1ccc2c(Br)cccc21.CCl.OB(O)c1ccoc1. The molecule has 427 valence electrons. The predicted octanol–water partition coefficient (Wildman–Crippen LogP) is 15.2. The van der Waals surface area contributed by atoms with Crippen LogP contribution in [0.4, 0.5) is 14.4 Å². The molecule has 0 unspecified atom stereocenters. The van der Waals surface area contributed by atoms with Crippen molar-refractivity contribution in [1.82, 2.24) is 18.7 Å². The number of nitrogens with one attached hydrogen (secondary N) is 1. The van der Waals surface area contributed by atoms with E-state index in [1.54, 1.807) is 70.4 Å². The van der Waals surface area contributed by atoms with E-state index < -0.39 is 30.0 Å². The van der Waals surface area contributed by atoms with Crippen LogP contribution < -0.4 is 10.1 Å². The molecule has 7 aromatic heterocycles. The summed E-state index contributed by atoms with van der Waals surface area (Å²) in [5, 5.41) is 29.8. The minimum absolute atomic E-state index is 0.165. The number of H-pyrrole nitrogens is 1. The molecular weight excluding hydrogens is 1200 g/mol. The van der Waals surface area contributed by atoms with E-state index in [0.717, 1.165) is 58.4 Å². The molecule has 4 aromatic carbocycles. The first kappa shape index (κ1) is 63.5. The summed E-state index contributed by atoms with van der Waals surface area (Å²) in [7, 11) is -0.874. The Morgan fingerprint density at radius 1 is 0.561 bits per heavy atom. The largest absolute Gasteiger partial charge is 0.570 e. The van der Waals surface area contributed by atoms with E-state index >= 15 is 0 Å². The number of furan rings is 3. The monoisotopic (exact) mass is 1260 g/mol. The van der Waals surface area contributed by atoms with Crippen molar-refractivity contribution >= 4 is 126 Å². The minimum Gasteiger partial charge on any atom is -0.524 e. The molecule has 0 amide bonds. The lowest BCUT2D eigenvalue weighted by Crippen LogP contribution is -2.27. The molecule has 1 radical (unpaired) electrons. The molecule has 0 aliphatic heterocycles. The summed E-state index contributed by atoms with van der Waals surface area (Å²) in [6.07, 6.45) is 14.8. The van der Waals surface area contributed by atoms with E-state index in [9.17, 15) is 14.4 Å². The molecule has 0 fully saturated rings. The number of hydrogen-bond acceptors (Lipinski definition) is 13. The maximum atomic E-state index is 12.6. The van der Waals surface area contributed by atoms with Gasteiger partial charge in [-0.2, -0.15) is 0 Å². The number of halogens is 3. The summed E-state index contributed by atoms with van der Waals surface area (Å²) < 4.78 is 42.6. The fourth-order valence-electron chi connectivity index (χ4n) is 7.89. The molecule has 11 rings (SSSR count). The normalized spacial score (nSPS) is 11.1. The van der Waals surface area contributed by atoms with Gasteiger partial charge >= 0.3 is 33.1 Å². The van der Waals surface area contributed by atoms with Gasteiger partial charge in [0.1, 0.15) is 16.8 Å². The first-order chi connectivity index (χ1) is 38.9. The third-order valence-corrected chi connectivity index (χ3v) is 12.6. The van der Waals surface area contributed by atoms with Crippen LogP contribution in [0.15, 0.2) is 194 Å². The molecule has 11 aromatic rings. The quantitative estimate of drug-likeness (QED) is 0.0717. The Balaban J connectivity index is 0.000000171. The number of ether oxygens (including phenoxy) is 3. The Morgan fingerprint density at radius 2 is 1.02 bits per heavy atom. The topological polar surface area (TPSA) is 219 Å². The second-order valence-corrected chi connectivity index (χ2v) is 22.3. The molecule has 0 saturated heterocycles. The van der Waals surface area contributed by atoms with Gasteiger partial charge < -0.3 is 52.2 Å². The van der Waals surface area contributed by atoms with Crippen molar-refractivity contribution in [2.24, 2.45) is 0 Å². The van der Waals surface area contributed by atoms with Gasteiger partial charge in [-0.1, -0.05) is 68.3 Å². The van der Waals surface area contributed by atoms with Gasteiger partial charge in [0.2, 0.25) is 0 Å². The van der Waals surface area contributed by atoms with Crippen molar-refractivity contribution in [1.29, 1.82) is 0 Å². The molecule has 0 bridgehead atoms. The average molecular weight is 1260 g/mol. The lowest BCUT2D eigenvalue weighted by atomic mass is 9.83. The molecule has 0 spiro atoms. The third kappa shape index (κ3) is 17.0. The zero-order valence-electron chi connectivity index (χ0n) is 46.7. The van der Waals surface area contributed by atoms with Crippen LogP contribution in [0.5, 0.6) is 5.88 Å². The Hall–Kier alpha value is -7.65. The molecule has 7 heterocycles. The van der Waals surface area contributed by atoms with E-state index in [-0.39, 0.29) is 18.1 Å². The highest BCUT2D eigenvalue weighted by Gasteiger charge is 2.25. The molecule has 0 atom stereocenters. The zero-order chi connectivity index (χ0) is 59.9. The Labute approximate surface area is 497 Å². The van der Waals surface area contributed by atoms with Gasteiger partial charge in [0, 0.05) is 83.6 Å². The number of rotatable bonds is 5. The highest BCUT2D eigenvalue weighted by molar-refractivity contribution is 9.11. The molecule has 0 aliphatic carbocycles. The van der Waals surface area contributed by atoms with Gasteiger partial charge in [0.25, 0.3) is 0 Å². The van der Waals surface area contributed by atoms with Crippen LogP contribution in [-0.4, -0.2) is 90.0 Å². The number of nitrogens with zero attached hydrogens (tertiary/aromatic N) is 3. The maximum Gasteiger partial charge on any atom is 0.570 e. The number of aromatic nitrogens is 4. The zero-order valence-corrected chi connectivity index (χ0v) is 50.6. The number of aromatic amines is 1. The first-order valence-electron chi connectivity index (χ1n) is 25.3. The van der Waals surface area contributed by atoms with Crippen LogP contribution >= 0.6 is 43.5 Å². The first-order valence-corrected chi connectivity index (χ1v) is 27.6. The fourth-order valence-corrected chi connectivity index (χ4v) is 8.88. The summed E-state index contributed by atoms with van der Waals surface area (Å²) in [6, 6.07) is 36.0. The Morgan fingerprint density at radius 3 is 1.50 bits per heavy atom. The molecule has 4 N–H and O–H groups in total. The van der Waals surface area contributed by atoms with Gasteiger partial charge in [0.05, 0.1) is 54.1 Å². The van der Waals surface area contributed by atoms with Gasteiger partial charge in [0.15, 0.2) is 5.88 Å². The molecule has 0 aliphatic rings. The lowest BCUT2D eigenvalue weighted by Gasteiger charge is -2.20. The summed E-state index contributed by atoms with van der Waals surface area (Å²) in [5.41, 5.74) is 5.95. The highest BCUT2D eigenvalue weighted by atomic mass is 79.9. The molecular formula is C60H62B2Br2ClN4O13. The van der Waals surface area contributed by atoms with Gasteiger partial charge in [-0.05, 0) is 146 Å². The summed E-state index contributed by atoms with van der Waals surface area (Å²) in [6.45, 7) is 16.5. The number of carbonyl (C=O) groups excluding carboxylic acids is 3. The van der Waals surface area contributed by atoms with E-state index in [2.05, 4.69) is 65.0 Å². The van der Waals surface area contributed by atoms with Crippen molar-refractivity contribution in [2.45, 2.75) is 79.1 Å². The van der Waals surface area contributed by atoms with Crippen LogP contribution in [0.2, 0.25) is 0 Å². The minimum atomic E-state index is -1.41. The number of alkyl halides is 1. The van der Waals surface area contributed by atoms with Gasteiger partial charge in [-0.15, -0.1) is 11.6 Å². The van der Waals surface area contributed by atoms with Crippen molar-refractivity contribution in [2.75, 3.05) is 6.38 Å². The average Bonchev–Trinajstić information content (AvgIpc) is 3.60. The van der Waals surface area contributed by atoms with Crippen LogP contribution in [0.25, 0.3) is 65.9 Å². The summed E-state index contributed by atoms with van der Waals surface area (Å²) >= 11 is 11.6. The van der Waals surface area contributed by atoms with E-state index in [4.69, 9.17) is 42.8 Å². The van der Waals surface area contributed by atoms with Crippen molar-refractivity contribution < 1.29 is 61.6 Å². The van der Waals surface area contributed by atoms with Crippen molar-refractivity contribution in [3.05, 3.63) is 180 Å². The second-order valence-electron chi connectivity index (χ2n) is 20.6. The number of hydrogen-bond donors (Lipinski definition) is 4. The Kier molecular flexibility index (Phi) is 22.0. The van der Waals surface area contributed by atoms with E-state index in [1.165, 1.54) is 49.6 Å². The van der Waals surface area contributed by atoms with Crippen molar-refractivity contribution in [3.63, 3.8) is 0 Å². The smallest absolute Gasteiger partial charge is 0.524 e. The van der Waals surface area contributed by atoms with Crippen LogP contribution in [0.3, 0.4) is 0 Å². The molecule has 22 heteroatoms. The van der Waals surface area contributed by atoms with Crippen LogP contribution in [-0.2, 0) is 14.2 Å². The number of fused-ring (bicyclic) bond motifs is 4. The second kappa shape index (κ2) is 28.4. The van der Waals surface area contributed by atoms with Crippen LogP contribution in [0, 0.1) is 0 Å².